The molecule has 2 aliphatic carbocycles. The molecule has 166 valence electrons. The number of thioether (sulfide) groups is 1. The Hall–Kier alpha value is -2.15. The second kappa shape index (κ2) is 9.00. The lowest BCUT2D eigenvalue weighted by atomic mass is 9.87. The third-order valence-electron chi connectivity index (χ3n) is 6.44. The van der Waals surface area contributed by atoms with Gasteiger partial charge in [-0.1, -0.05) is 25.1 Å². The molecule has 1 atom stereocenters. The second-order valence-electron chi connectivity index (χ2n) is 8.45. The van der Waals surface area contributed by atoms with Gasteiger partial charge in [-0.05, 0) is 61.6 Å². The Labute approximate surface area is 200 Å². The first kappa shape index (κ1) is 21.7. The maximum atomic E-state index is 12.6. The average Bonchev–Trinajstić information content (AvgIpc) is 3.54. The molecule has 32 heavy (non-hydrogen) atoms. The molecular formula is C23H25N5OS3. The zero-order valence-electron chi connectivity index (χ0n) is 18.2. The molecule has 1 N–H and O–H groups in total. The Kier molecular flexibility index (Phi) is 6.10. The minimum Gasteiger partial charge on any atom is -0.316 e. The van der Waals surface area contributed by atoms with Crippen LogP contribution in [0.3, 0.4) is 0 Å². The van der Waals surface area contributed by atoms with Gasteiger partial charge in [0.25, 0.3) is 0 Å². The number of nitrogens with one attached hydrogen (secondary N) is 1. The van der Waals surface area contributed by atoms with E-state index >= 15 is 0 Å². The Morgan fingerprint density at radius 2 is 2.19 bits per heavy atom. The van der Waals surface area contributed by atoms with Gasteiger partial charge in [-0.25, -0.2) is 0 Å². The molecule has 5 rings (SSSR count). The number of nitriles is 1. The van der Waals surface area contributed by atoms with Crippen molar-refractivity contribution in [3.05, 3.63) is 32.5 Å². The molecule has 3 aromatic rings. The van der Waals surface area contributed by atoms with Crippen LogP contribution in [0.15, 0.2) is 11.2 Å². The molecular weight excluding hydrogens is 458 g/mol. The SMILES string of the molecule is CCC1CCc2sc(-c3nnc(SCC(=O)Nc4sc5c(c4C#N)CCC5)n3C)cc2C1. The van der Waals surface area contributed by atoms with Crippen molar-refractivity contribution in [1.29, 1.82) is 5.26 Å². The third kappa shape index (κ3) is 4.00. The van der Waals surface area contributed by atoms with Gasteiger partial charge in [0.05, 0.1) is 16.2 Å². The average molecular weight is 484 g/mol. The Balaban J connectivity index is 1.25. The van der Waals surface area contributed by atoms with Crippen molar-refractivity contribution in [2.24, 2.45) is 13.0 Å². The lowest BCUT2D eigenvalue weighted by Gasteiger charge is -2.19. The van der Waals surface area contributed by atoms with Crippen molar-refractivity contribution in [2.75, 3.05) is 11.1 Å². The smallest absolute Gasteiger partial charge is 0.235 e. The van der Waals surface area contributed by atoms with Crippen molar-refractivity contribution < 1.29 is 4.79 Å². The zero-order valence-corrected chi connectivity index (χ0v) is 20.7. The summed E-state index contributed by atoms with van der Waals surface area (Å²) in [6.07, 6.45) is 7.88. The molecule has 0 aromatic carbocycles. The molecule has 0 radical (unpaired) electrons. The van der Waals surface area contributed by atoms with Crippen LogP contribution in [0.2, 0.25) is 0 Å². The Bertz CT molecular complexity index is 1220. The molecule has 0 spiro atoms. The predicted octanol–water partition coefficient (Wildman–Crippen LogP) is 5.21. The molecule has 1 amide bonds. The van der Waals surface area contributed by atoms with Gasteiger partial charge >= 0.3 is 0 Å². The first-order valence-corrected chi connectivity index (χ1v) is 13.7. The lowest BCUT2D eigenvalue weighted by Crippen LogP contribution is -2.14. The normalized spacial score (nSPS) is 17.1. The van der Waals surface area contributed by atoms with E-state index in [9.17, 15) is 10.1 Å². The van der Waals surface area contributed by atoms with Gasteiger partial charge in [-0.3, -0.25) is 4.79 Å². The van der Waals surface area contributed by atoms with E-state index in [1.165, 1.54) is 46.3 Å². The number of rotatable bonds is 6. The molecule has 0 saturated carbocycles. The monoisotopic (exact) mass is 483 g/mol. The second-order valence-corrected chi connectivity index (χ2v) is 11.6. The molecule has 1 unspecified atom stereocenters. The molecule has 0 bridgehead atoms. The first-order chi connectivity index (χ1) is 15.6. The van der Waals surface area contributed by atoms with Crippen LogP contribution in [0.4, 0.5) is 5.00 Å². The minimum absolute atomic E-state index is 0.117. The van der Waals surface area contributed by atoms with E-state index in [4.69, 9.17) is 0 Å². The van der Waals surface area contributed by atoms with Crippen molar-refractivity contribution in [3.63, 3.8) is 0 Å². The summed E-state index contributed by atoms with van der Waals surface area (Å²) in [6.45, 7) is 2.28. The summed E-state index contributed by atoms with van der Waals surface area (Å²) >= 11 is 4.75. The highest BCUT2D eigenvalue weighted by molar-refractivity contribution is 7.99. The lowest BCUT2D eigenvalue weighted by molar-refractivity contribution is -0.113. The number of thiophene rings is 2. The van der Waals surface area contributed by atoms with Crippen molar-refractivity contribution in [3.8, 4) is 16.8 Å². The fourth-order valence-corrected chi connectivity index (χ4v) is 7.81. The summed E-state index contributed by atoms with van der Waals surface area (Å²) in [6, 6.07) is 4.56. The van der Waals surface area contributed by atoms with Crippen LogP contribution in [0.5, 0.6) is 0 Å². The summed E-state index contributed by atoms with van der Waals surface area (Å²) in [4.78, 5) is 16.5. The fourth-order valence-electron chi connectivity index (χ4n) is 4.62. The number of hydrogen-bond donors (Lipinski definition) is 1. The van der Waals surface area contributed by atoms with Gasteiger partial charge in [0, 0.05) is 16.8 Å². The summed E-state index contributed by atoms with van der Waals surface area (Å²) in [5.74, 6) is 1.77. The number of carbonyl (C=O) groups is 1. The standard InChI is InChI=1S/C23H25N5OS3/c1-3-13-7-8-17-14(9-13)10-19(31-17)21-26-27-23(28(21)2)30-12-20(29)25-22-16(11-24)15-5-4-6-18(15)32-22/h10,13H,3-9,12H2,1-2H3,(H,25,29). The number of anilines is 1. The van der Waals surface area contributed by atoms with Gasteiger partial charge in [-0.2, -0.15) is 5.26 Å². The van der Waals surface area contributed by atoms with Crippen molar-refractivity contribution >= 4 is 45.3 Å². The van der Waals surface area contributed by atoms with E-state index in [1.807, 2.05) is 23.0 Å². The molecule has 0 saturated heterocycles. The molecule has 9 heteroatoms. The molecule has 6 nitrogen and oxygen atoms in total. The molecule has 3 heterocycles. The largest absolute Gasteiger partial charge is 0.316 e. The van der Waals surface area contributed by atoms with Gasteiger partial charge in [-0.15, -0.1) is 32.9 Å². The van der Waals surface area contributed by atoms with Crippen LogP contribution in [0.25, 0.3) is 10.7 Å². The predicted molar refractivity (Wildman–Crippen MR) is 131 cm³/mol. The van der Waals surface area contributed by atoms with Crippen LogP contribution >= 0.6 is 34.4 Å². The number of aryl methyl sites for hydroxylation is 2. The van der Waals surface area contributed by atoms with Gasteiger partial charge in [0.1, 0.15) is 11.1 Å². The van der Waals surface area contributed by atoms with Crippen LogP contribution < -0.4 is 5.32 Å². The number of amides is 1. The van der Waals surface area contributed by atoms with Gasteiger partial charge in [0.2, 0.25) is 5.91 Å². The van der Waals surface area contributed by atoms with Crippen molar-refractivity contribution in [1.82, 2.24) is 14.8 Å². The van der Waals surface area contributed by atoms with Crippen LogP contribution in [0.1, 0.15) is 52.6 Å². The number of nitrogens with zero attached hydrogens (tertiary/aromatic N) is 4. The quantitative estimate of drug-likeness (QED) is 0.487. The molecule has 3 aromatic heterocycles. The van der Waals surface area contributed by atoms with Crippen LogP contribution in [-0.4, -0.2) is 26.4 Å². The number of carbonyl (C=O) groups excluding carboxylic acids is 1. The summed E-state index contributed by atoms with van der Waals surface area (Å²) in [5, 5.41) is 22.6. The van der Waals surface area contributed by atoms with E-state index in [0.29, 0.717) is 10.6 Å². The highest BCUT2D eigenvalue weighted by Crippen LogP contribution is 2.39. The summed E-state index contributed by atoms with van der Waals surface area (Å²) < 4.78 is 1.98. The summed E-state index contributed by atoms with van der Waals surface area (Å²) in [7, 11) is 1.96. The highest BCUT2D eigenvalue weighted by Gasteiger charge is 2.24. The van der Waals surface area contributed by atoms with Gasteiger partial charge < -0.3 is 9.88 Å². The zero-order chi connectivity index (χ0) is 22.2. The molecule has 2 aliphatic rings. The van der Waals surface area contributed by atoms with Crippen molar-refractivity contribution in [2.45, 2.75) is 57.0 Å². The van der Waals surface area contributed by atoms with E-state index in [-0.39, 0.29) is 11.7 Å². The van der Waals surface area contributed by atoms with Crippen LogP contribution in [-0.2, 0) is 37.5 Å². The Morgan fingerprint density at radius 3 is 3.00 bits per heavy atom. The number of hydrogen-bond acceptors (Lipinski definition) is 7. The summed E-state index contributed by atoms with van der Waals surface area (Å²) in [5.41, 5.74) is 3.24. The Morgan fingerprint density at radius 1 is 1.31 bits per heavy atom. The van der Waals surface area contributed by atoms with E-state index in [2.05, 4.69) is 34.6 Å². The van der Waals surface area contributed by atoms with Crippen LogP contribution in [0, 0.1) is 17.2 Å². The fraction of sp³-hybridized carbons (Fsp3) is 0.478. The topological polar surface area (TPSA) is 83.6 Å². The maximum Gasteiger partial charge on any atom is 0.235 e. The number of fused-ring (bicyclic) bond motifs is 2. The van der Waals surface area contributed by atoms with E-state index < -0.39 is 0 Å². The van der Waals surface area contributed by atoms with Gasteiger partial charge in [0.15, 0.2) is 11.0 Å². The third-order valence-corrected chi connectivity index (χ3v) is 9.90. The minimum atomic E-state index is -0.117. The maximum absolute atomic E-state index is 12.6. The molecule has 0 aliphatic heterocycles. The molecule has 0 fully saturated rings. The van der Waals surface area contributed by atoms with E-state index in [0.717, 1.165) is 53.0 Å². The number of aromatic nitrogens is 3. The van der Waals surface area contributed by atoms with E-state index in [1.54, 1.807) is 11.3 Å². The first-order valence-electron chi connectivity index (χ1n) is 11.1. The highest BCUT2D eigenvalue weighted by atomic mass is 32.2.